The van der Waals surface area contributed by atoms with Gasteiger partial charge in [0.25, 0.3) is 5.89 Å². The first-order chi connectivity index (χ1) is 9.66. The number of rotatable bonds is 3. The van der Waals surface area contributed by atoms with Crippen LogP contribution in [0.2, 0.25) is 0 Å². The van der Waals surface area contributed by atoms with Crippen LogP contribution < -0.4 is 0 Å². The van der Waals surface area contributed by atoms with E-state index in [0.717, 1.165) is 10.8 Å². The second kappa shape index (κ2) is 5.02. The van der Waals surface area contributed by atoms with Gasteiger partial charge in [-0.15, -0.1) is 0 Å². The van der Waals surface area contributed by atoms with Gasteiger partial charge in [-0.1, -0.05) is 43.3 Å². The number of aliphatic hydroxyl groups is 1. The third-order valence-corrected chi connectivity index (χ3v) is 3.21. The molecule has 0 fully saturated rings. The van der Waals surface area contributed by atoms with Gasteiger partial charge in [0.15, 0.2) is 0 Å². The van der Waals surface area contributed by atoms with Gasteiger partial charge < -0.3 is 9.63 Å². The zero-order chi connectivity index (χ0) is 14.1. The van der Waals surface area contributed by atoms with E-state index in [1.165, 1.54) is 0 Å². The number of nitrogens with zero attached hydrogens (tertiary/aromatic N) is 3. The highest BCUT2D eigenvalue weighted by Gasteiger charge is 2.21. The standard InChI is InChI=1S/C15H15N3O2/c1-9(2)13(19)15-17-14(18-20-15)12-11-6-4-3-5-10(11)7-8-16-12/h3-9,13,19H,1-2H3/t13-/m0/s1. The molecule has 2 heterocycles. The molecule has 0 aliphatic heterocycles. The molecule has 1 aromatic carbocycles. The molecule has 0 saturated carbocycles. The zero-order valence-electron chi connectivity index (χ0n) is 11.3. The number of pyridine rings is 1. The maximum atomic E-state index is 9.95. The minimum absolute atomic E-state index is 0.0174. The number of benzene rings is 1. The van der Waals surface area contributed by atoms with Crippen molar-refractivity contribution < 1.29 is 9.63 Å². The Balaban J connectivity index is 2.08. The summed E-state index contributed by atoms with van der Waals surface area (Å²) in [5.41, 5.74) is 0.661. The number of hydrogen-bond donors (Lipinski definition) is 1. The van der Waals surface area contributed by atoms with Gasteiger partial charge in [0.1, 0.15) is 11.8 Å². The third kappa shape index (κ3) is 2.16. The zero-order valence-corrected chi connectivity index (χ0v) is 11.3. The molecule has 3 rings (SSSR count). The van der Waals surface area contributed by atoms with Crippen LogP contribution >= 0.6 is 0 Å². The van der Waals surface area contributed by atoms with Crippen molar-refractivity contribution in [2.24, 2.45) is 5.92 Å². The van der Waals surface area contributed by atoms with Gasteiger partial charge >= 0.3 is 0 Å². The molecule has 0 bridgehead atoms. The van der Waals surface area contributed by atoms with Crippen molar-refractivity contribution in [1.82, 2.24) is 15.1 Å². The summed E-state index contributed by atoms with van der Waals surface area (Å²) >= 11 is 0. The summed E-state index contributed by atoms with van der Waals surface area (Å²) in [5.74, 6) is 0.644. The highest BCUT2D eigenvalue weighted by Crippen LogP contribution is 2.26. The Labute approximate surface area is 116 Å². The molecule has 5 heteroatoms. The molecule has 0 saturated heterocycles. The fraction of sp³-hybridized carbons (Fsp3) is 0.267. The molecular formula is C15H15N3O2. The number of hydrogen-bond acceptors (Lipinski definition) is 5. The van der Waals surface area contributed by atoms with E-state index in [9.17, 15) is 5.11 Å². The predicted molar refractivity (Wildman–Crippen MR) is 74.8 cm³/mol. The van der Waals surface area contributed by atoms with Gasteiger partial charge in [-0.3, -0.25) is 4.98 Å². The number of aliphatic hydroxyl groups excluding tert-OH is 1. The average molecular weight is 269 g/mol. The maximum absolute atomic E-state index is 9.95. The lowest BCUT2D eigenvalue weighted by atomic mass is 10.1. The molecule has 0 aliphatic carbocycles. The lowest BCUT2D eigenvalue weighted by molar-refractivity contribution is 0.0896. The summed E-state index contributed by atoms with van der Waals surface area (Å²) < 4.78 is 5.14. The van der Waals surface area contributed by atoms with Crippen molar-refractivity contribution in [1.29, 1.82) is 0 Å². The largest absolute Gasteiger partial charge is 0.383 e. The van der Waals surface area contributed by atoms with Crippen LogP contribution in [0.5, 0.6) is 0 Å². The molecule has 1 N–H and O–H groups in total. The Hall–Kier alpha value is -2.27. The number of fused-ring (bicyclic) bond motifs is 1. The molecule has 20 heavy (non-hydrogen) atoms. The lowest BCUT2D eigenvalue weighted by Crippen LogP contribution is -2.05. The van der Waals surface area contributed by atoms with Gasteiger partial charge in [0.2, 0.25) is 5.82 Å². The van der Waals surface area contributed by atoms with Crippen LogP contribution in [0.3, 0.4) is 0 Å². The summed E-state index contributed by atoms with van der Waals surface area (Å²) in [4.78, 5) is 8.59. The van der Waals surface area contributed by atoms with E-state index in [4.69, 9.17) is 4.52 Å². The molecule has 3 aromatic rings. The minimum Gasteiger partial charge on any atom is -0.383 e. The Bertz CT molecular complexity index is 731. The third-order valence-electron chi connectivity index (χ3n) is 3.21. The SMILES string of the molecule is CC(C)[C@H](O)c1nc(-c2nccc3ccccc23)no1. The van der Waals surface area contributed by atoms with E-state index in [1.807, 2.05) is 44.2 Å². The van der Waals surface area contributed by atoms with Crippen LogP contribution in [0.15, 0.2) is 41.1 Å². The van der Waals surface area contributed by atoms with Crippen LogP contribution in [-0.4, -0.2) is 20.2 Å². The molecule has 0 aliphatic rings. The first-order valence-electron chi connectivity index (χ1n) is 6.52. The quantitative estimate of drug-likeness (QED) is 0.791. The van der Waals surface area contributed by atoms with E-state index in [-0.39, 0.29) is 11.8 Å². The summed E-state index contributed by atoms with van der Waals surface area (Å²) in [6.07, 6.45) is 0.957. The normalized spacial score (nSPS) is 13.0. The highest BCUT2D eigenvalue weighted by molar-refractivity contribution is 5.92. The molecule has 1 atom stereocenters. The second-order valence-corrected chi connectivity index (χ2v) is 5.03. The van der Waals surface area contributed by atoms with Crippen molar-refractivity contribution in [3.05, 3.63) is 42.4 Å². The smallest absolute Gasteiger partial charge is 0.256 e. The van der Waals surface area contributed by atoms with E-state index in [2.05, 4.69) is 15.1 Å². The molecule has 2 aromatic heterocycles. The summed E-state index contributed by atoms with van der Waals surface area (Å²) in [6, 6.07) is 9.81. The van der Waals surface area contributed by atoms with Crippen LogP contribution in [0.1, 0.15) is 25.8 Å². The summed E-state index contributed by atoms with van der Waals surface area (Å²) in [6.45, 7) is 3.79. The van der Waals surface area contributed by atoms with E-state index >= 15 is 0 Å². The molecule has 102 valence electrons. The van der Waals surface area contributed by atoms with E-state index < -0.39 is 6.10 Å². The number of aromatic nitrogens is 3. The van der Waals surface area contributed by atoms with Crippen molar-refractivity contribution in [3.63, 3.8) is 0 Å². The first-order valence-corrected chi connectivity index (χ1v) is 6.52. The molecule has 0 radical (unpaired) electrons. The molecule has 5 nitrogen and oxygen atoms in total. The topological polar surface area (TPSA) is 72.0 Å². The Morgan fingerprint density at radius 1 is 1.15 bits per heavy atom. The lowest BCUT2D eigenvalue weighted by Gasteiger charge is -2.07. The van der Waals surface area contributed by atoms with Gasteiger partial charge in [-0.05, 0) is 17.4 Å². The second-order valence-electron chi connectivity index (χ2n) is 5.03. The van der Waals surface area contributed by atoms with Crippen molar-refractivity contribution in [2.75, 3.05) is 0 Å². The Morgan fingerprint density at radius 3 is 2.75 bits per heavy atom. The fourth-order valence-electron chi connectivity index (χ4n) is 2.03. The summed E-state index contributed by atoms with van der Waals surface area (Å²) in [5, 5.41) is 15.9. The van der Waals surface area contributed by atoms with Crippen LogP contribution in [-0.2, 0) is 0 Å². The van der Waals surface area contributed by atoms with Gasteiger partial charge in [-0.25, -0.2) is 0 Å². The van der Waals surface area contributed by atoms with Crippen LogP contribution in [0.4, 0.5) is 0 Å². The average Bonchev–Trinajstić information content (AvgIpc) is 2.95. The van der Waals surface area contributed by atoms with E-state index in [1.54, 1.807) is 6.20 Å². The van der Waals surface area contributed by atoms with Crippen LogP contribution in [0, 0.1) is 5.92 Å². The minimum atomic E-state index is -0.758. The molecular weight excluding hydrogens is 254 g/mol. The van der Waals surface area contributed by atoms with E-state index in [0.29, 0.717) is 11.5 Å². The highest BCUT2D eigenvalue weighted by atomic mass is 16.5. The van der Waals surface area contributed by atoms with Crippen molar-refractivity contribution in [2.45, 2.75) is 20.0 Å². The van der Waals surface area contributed by atoms with Gasteiger partial charge in [0.05, 0.1) is 0 Å². The molecule has 0 unspecified atom stereocenters. The molecule has 0 spiro atoms. The predicted octanol–water partition coefficient (Wildman–Crippen LogP) is 2.97. The summed E-state index contributed by atoms with van der Waals surface area (Å²) in [7, 11) is 0. The molecule has 0 amide bonds. The van der Waals surface area contributed by atoms with Crippen molar-refractivity contribution >= 4 is 10.8 Å². The van der Waals surface area contributed by atoms with Gasteiger partial charge in [0, 0.05) is 11.6 Å². The Kier molecular flexibility index (Phi) is 3.20. The van der Waals surface area contributed by atoms with Crippen LogP contribution in [0.25, 0.3) is 22.3 Å². The maximum Gasteiger partial charge on any atom is 0.256 e. The monoisotopic (exact) mass is 269 g/mol. The Morgan fingerprint density at radius 2 is 1.95 bits per heavy atom. The van der Waals surface area contributed by atoms with Gasteiger partial charge in [-0.2, -0.15) is 4.98 Å². The van der Waals surface area contributed by atoms with Crippen molar-refractivity contribution in [3.8, 4) is 11.5 Å². The fourth-order valence-corrected chi connectivity index (χ4v) is 2.03. The first kappa shape index (κ1) is 12.7.